The van der Waals surface area contributed by atoms with Crippen LogP contribution in [0.15, 0.2) is 54.6 Å². The van der Waals surface area contributed by atoms with E-state index in [0.717, 1.165) is 24.8 Å². The fraction of sp³-hybridized carbons (Fsp3) is 0.200. The molecule has 0 aliphatic rings. The number of rotatable bonds is 6. The van der Waals surface area contributed by atoms with Crippen LogP contribution >= 0.6 is 0 Å². The van der Waals surface area contributed by atoms with Crippen LogP contribution in [0.25, 0.3) is 0 Å². The van der Waals surface area contributed by atoms with Crippen molar-refractivity contribution in [1.29, 1.82) is 5.26 Å². The van der Waals surface area contributed by atoms with Gasteiger partial charge in [-0.05, 0) is 61.2 Å². The van der Waals surface area contributed by atoms with Crippen molar-refractivity contribution >= 4 is 5.97 Å². The van der Waals surface area contributed by atoms with E-state index in [0.29, 0.717) is 5.56 Å². The summed E-state index contributed by atoms with van der Waals surface area (Å²) in [6, 6.07) is 12.6. The van der Waals surface area contributed by atoms with Crippen LogP contribution in [0, 0.1) is 17.1 Å². The molecule has 0 spiro atoms. The largest absolute Gasteiger partial charge is 0.423 e. The van der Waals surface area contributed by atoms with Crippen LogP contribution < -0.4 is 4.74 Å². The number of benzene rings is 2. The number of esters is 1. The van der Waals surface area contributed by atoms with Crippen molar-refractivity contribution in [3.05, 3.63) is 77.1 Å². The topological polar surface area (TPSA) is 50.1 Å². The van der Waals surface area contributed by atoms with Crippen molar-refractivity contribution in [3.8, 4) is 11.8 Å². The number of carbonyl (C=O) groups excluding carboxylic acids is 1. The smallest absolute Gasteiger partial charge is 0.346 e. The molecule has 0 unspecified atom stereocenters. The lowest BCUT2D eigenvalue weighted by Gasteiger charge is -2.07. The number of halogens is 1. The molecule has 0 atom stereocenters. The lowest BCUT2D eigenvalue weighted by Crippen LogP contribution is -2.11. The zero-order chi connectivity index (χ0) is 17.4. The number of allylic oxidation sites excluding steroid dienone is 2. The highest BCUT2D eigenvalue weighted by Crippen LogP contribution is 2.17. The van der Waals surface area contributed by atoms with E-state index >= 15 is 0 Å². The summed E-state index contributed by atoms with van der Waals surface area (Å²) in [4.78, 5) is 12.1. The third-order valence-corrected chi connectivity index (χ3v) is 3.45. The lowest BCUT2D eigenvalue weighted by molar-refractivity contribution is 0.0730. The van der Waals surface area contributed by atoms with Crippen LogP contribution in [0.4, 0.5) is 4.39 Å². The first-order chi connectivity index (χ1) is 11.6. The van der Waals surface area contributed by atoms with E-state index in [1.807, 2.05) is 6.07 Å². The summed E-state index contributed by atoms with van der Waals surface area (Å²) >= 11 is 0. The number of hydrogen-bond acceptors (Lipinski definition) is 3. The van der Waals surface area contributed by atoms with Crippen LogP contribution in [0.2, 0.25) is 0 Å². The average Bonchev–Trinajstić information content (AvgIpc) is 2.59. The Morgan fingerprint density at radius 2 is 1.96 bits per heavy atom. The van der Waals surface area contributed by atoms with Gasteiger partial charge < -0.3 is 4.74 Å². The summed E-state index contributed by atoms with van der Waals surface area (Å²) in [5, 5.41) is 8.73. The number of nitrogens with zero attached hydrogens (tertiary/aromatic N) is 1. The van der Waals surface area contributed by atoms with Gasteiger partial charge in [-0.3, -0.25) is 0 Å². The highest BCUT2D eigenvalue weighted by atomic mass is 19.1. The highest BCUT2D eigenvalue weighted by Gasteiger charge is 2.14. The Morgan fingerprint density at radius 3 is 2.58 bits per heavy atom. The van der Waals surface area contributed by atoms with Gasteiger partial charge in [-0.2, -0.15) is 5.26 Å². The van der Waals surface area contributed by atoms with Gasteiger partial charge in [-0.15, -0.1) is 0 Å². The van der Waals surface area contributed by atoms with Crippen molar-refractivity contribution in [2.24, 2.45) is 0 Å². The van der Waals surface area contributed by atoms with Crippen molar-refractivity contribution in [1.82, 2.24) is 0 Å². The standard InChI is InChI=1S/C20H18FNO2/c1-2-3-4-5-6-15-9-12-18(19(21)13-15)20(23)24-17-10-7-16(14-22)8-11-17/h3-4,7-13H,2,5-6H2,1H3/b4-3+. The monoisotopic (exact) mass is 323 g/mol. The van der Waals surface area contributed by atoms with E-state index in [-0.39, 0.29) is 11.3 Å². The van der Waals surface area contributed by atoms with Gasteiger partial charge in [-0.25, -0.2) is 9.18 Å². The minimum absolute atomic E-state index is 0.104. The van der Waals surface area contributed by atoms with Crippen LogP contribution in [-0.4, -0.2) is 5.97 Å². The summed E-state index contributed by atoms with van der Waals surface area (Å²) in [5.74, 6) is -1.08. The third kappa shape index (κ3) is 4.79. The van der Waals surface area contributed by atoms with Crippen molar-refractivity contribution in [2.45, 2.75) is 26.2 Å². The molecule has 2 aromatic carbocycles. The van der Waals surface area contributed by atoms with E-state index < -0.39 is 11.8 Å². The number of hydrogen-bond donors (Lipinski definition) is 0. The van der Waals surface area contributed by atoms with E-state index in [1.165, 1.54) is 36.4 Å². The SMILES string of the molecule is CC/C=C/CCc1ccc(C(=O)Oc2ccc(C#N)cc2)c(F)c1. The predicted molar refractivity (Wildman–Crippen MR) is 90.3 cm³/mol. The van der Waals surface area contributed by atoms with Gasteiger partial charge in [0.1, 0.15) is 11.6 Å². The molecular weight excluding hydrogens is 305 g/mol. The second-order valence-electron chi connectivity index (χ2n) is 5.26. The molecule has 0 aliphatic carbocycles. The maximum absolute atomic E-state index is 14.1. The van der Waals surface area contributed by atoms with Crippen LogP contribution in [0.5, 0.6) is 5.75 Å². The molecule has 0 aliphatic heterocycles. The Morgan fingerprint density at radius 1 is 1.21 bits per heavy atom. The molecule has 2 rings (SSSR count). The molecule has 3 nitrogen and oxygen atoms in total. The van der Waals surface area contributed by atoms with Crippen LogP contribution in [-0.2, 0) is 6.42 Å². The molecule has 0 fully saturated rings. The van der Waals surface area contributed by atoms with Crippen LogP contribution in [0.3, 0.4) is 0 Å². The number of carbonyl (C=O) groups is 1. The fourth-order valence-electron chi connectivity index (χ4n) is 2.17. The fourth-order valence-corrected chi connectivity index (χ4v) is 2.17. The molecule has 0 heterocycles. The molecule has 122 valence electrons. The first kappa shape index (κ1) is 17.4. The van der Waals surface area contributed by atoms with Gasteiger partial charge >= 0.3 is 5.97 Å². The molecule has 0 saturated carbocycles. The van der Waals surface area contributed by atoms with Gasteiger partial charge in [0.05, 0.1) is 17.2 Å². The Bertz CT molecular complexity index is 773. The number of aryl methyl sites for hydroxylation is 1. The molecule has 0 saturated heterocycles. The second-order valence-corrected chi connectivity index (χ2v) is 5.26. The third-order valence-electron chi connectivity index (χ3n) is 3.45. The average molecular weight is 323 g/mol. The van der Waals surface area contributed by atoms with Gasteiger partial charge in [0.15, 0.2) is 0 Å². The number of nitriles is 1. The van der Waals surface area contributed by atoms with Gasteiger partial charge in [-0.1, -0.05) is 25.1 Å². The van der Waals surface area contributed by atoms with Gasteiger partial charge in [0.25, 0.3) is 0 Å². The predicted octanol–water partition coefficient (Wildman–Crippen LogP) is 4.82. The Labute approximate surface area is 141 Å². The summed E-state index contributed by atoms with van der Waals surface area (Å²) in [5.41, 5.74) is 1.19. The van der Waals surface area contributed by atoms with Crippen LogP contribution in [0.1, 0.15) is 41.3 Å². The second kappa shape index (κ2) is 8.64. The number of ether oxygens (including phenoxy) is 1. The van der Waals surface area contributed by atoms with E-state index in [2.05, 4.69) is 19.1 Å². The Hall–Kier alpha value is -2.93. The van der Waals surface area contributed by atoms with Gasteiger partial charge in [0.2, 0.25) is 0 Å². The molecule has 0 bridgehead atoms. The molecule has 0 aromatic heterocycles. The summed E-state index contributed by atoms with van der Waals surface area (Å²) < 4.78 is 19.3. The minimum Gasteiger partial charge on any atom is -0.423 e. The van der Waals surface area contributed by atoms with Crippen molar-refractivity contribution < 1.29 is 13.9 Å². The van der Waals surface area contributed by atoms with E-state index in [4.69, 9.17) is 10.00 Å². The Kier molecular flexibility index (Phi) is 6.27. The summed E-state index contributed by atoms with van der Waals surface area (Å²) in [6.45, 7) is 2.06. The first-order valence-electron chi connectivity index (χ1n) is 7.79. The Balaban J connectivity index is 2.03. The highest BCUT2D eigenvalue weighted by molar-refractivity contribution is 5.91. The summed E-state index contributed by atoms with van der Waals surface area (Å²) in [7, 11) is 0. The molecule has 24 heavy (non-hydrogen) atoms. The maximum atomic E-state index is 14.1. The zero-order valence-corrected chi connectivity index (χ0v) is 13.5. The molecular formula is C20H18FNO2. The molecule has 4 heteroatoms. The molecule has 2 aromatic rings. The summed E-state index contributed by atoms with van der Waals surface area (Å²) in [6.07, 6.45) is 6.67. The quantitative estimate of drug-likeness (QED) is 0.435. The first-order valence-corrected chi connectivity index (χ1v) is 7.79. The normalized spacial score (nSPS) is 10.5. The zero-order valence-electron chi connectivity index (χ0n) is 13.5. The van der Waals surface area contributed by atoms with Gasteiger partial charge in [0, 0.05) is 0 Å². The van der Waals surface area contributed by atoms with E-state index in [1.54, 1.807) is 6.07 Å². The molecule has 0 radical (unpaired) electrons. The molecule has 0 amide bonds. The lowest BCUT2D eigenvalue weighted by atomic mass is 10.1. The van der Waals surface area contributed by atoms with Crippen molar-refractivity contribution in [2.75, 3.05) is 0 Å². The molecule has 0 N–H and O–H groups in total. The minimum atomic E-state index is -0.755. The van der Waals surface area contributed by atoms with E-state index in [9.17, 15) is 9.18 Å². The maximum Gasteiger partial charge on any atom is 0.346 e. The van der Waals surface area contributed by atoms with Crippen molar-refractivity contribution in [3.63, 3.8) is 0 Å².